The van der Waals surface area contributed by atoms with E-state index in [1.165, 1.54) is 0 Å². The molecule has 16 heavy (non-hydrogen) atoms. The third kappa shape index (κ3) is 2.06. The maximum absolute atomic E-state index is 11.2. The van der Waals surface area contributed by atoms with Gasteiger partial charge in [0.2, 0.25) is 0 Å². The molecule has 2 N–H and O–H groups in total. The molecule has 86 valence electrons. The summed E-state index contributed by atoms with van der Waals surface area (Å²) in [5.41, 5.74) is 0.159. The average Bonchev–Trinajstić information content (AvgIpc) is 2.18. The topological polar surface area (TPSA) is 57.5 Å². The van der Waals surface area contributed by atoms with Gasteiger partial charge in [0, 0.05) is 5.02 Å². The van der Waals surface area contributed by atoms with Crippen LogP contribution in [0.25, 0.3) is 0 Å². The first-order valence-corrected chi connectivity index (χ1v) is 5.55. The summed E-state index contributed by atoms with van der Waals surface area (Å²) in [6.07, 6.45) is 0.662. The second-order valence-corrected chi connectivity index (χ2v) is 4.89. The molecule has 0 heterocycles. The monoisotopic (exact) mass is 240 g/mol. The highest BCUT2D eigenvalue weighted by Gasteiger charge is 2.49. The first kappa shape index (κ1) is 11.4. The van der Waals surface area contributed by atoms with Crippen molar-refractivity contribution in [1.29, 1.82) is 0 Å². The normalized spacial score (nSPS) is 28.5. The highest BCUT2D eigenvalue weighted by molar-refractivity contribution is 6.30. The fourth-order valence-corrected chi connectivity index (χ4v) is 2.36. The van der Waals surface area contributed by atoms with Gasteiger partial charge in [-0.05, 0) is 37.0 Å². The molecule has 0 bridgehead atoms. The molecule has 3 nitrogen and oxygen atoms in total. The molecule has 1 aliphatic rings. The lowest BCUT2D eigenvalue weighted by Gasteiger charge is -2.41. The number of aliphatic carboxylic acids is 1. The van der Waals surface area contributed by atoms with E-state index in [2.05, 4.69) is 0 Å². The molecule has 0 atom stereocenters. The fraction of sp³-hybridized carbons (Fsp3) is 0.417. The Hall–Kier alpha value is -1.06. The molecule has 1 aromatic rings. The number of hydrogen-bond donors (Lipinski definition) is 2. The van der Waals surface area contributed by atoms with E-state index in [0.717, 1.165) is 5.56 Å². The Kier molecular flexibility index (Phi) is 2.91. The Morgan fingerprint density at radius 3 is 2.38 bits per heavy atom. The number of benzene rings is 1. The summed E-state index contributed by atoms with van der Waals surface area (Å²) in [5.74, 6) is -0.826. The molecule has 1 aliphatic carbocycles. The van der Waals surface area contributed by atoms with Crippen LogP contribution in [0.3, 0.4) is 0 Å². The van der Waals surface area contributed by atoms with Crippen LogP contribution in [-0.4, -0.2) is 22.3 Å². The van der Waals surface area contributed by atoms with E-state index < -0.39 is 17.5 Å². The number of aliphatic hydroxyl groups is 1. The average molecular weight is 241 g/mol. The van der Waals surface area contributed by atoms with Gasteiger partial charge in [-0.1, -0.05) is 23.7 Å². The standard InChI is InChI=1S/C12H13ClO3/c13-9-3-1-8(2-4-9)5-12(11(15)16)6-10(14)7-12/h1-4,10,14H,5-7H2,(H,15,16). The summed E-state index contributed by atoms with van der Waals surface area (Å²) in [6.45, 7) is 0. The summed E-state index contributed by atoms with van der Waals surface area (Å²) >= 11 is 5.76. The highest BCUT2D eigenvalue weighted by atomic mass is 35.5. The number of halogens is 1. The molecule has 2 rings (SSSR count). The molecule has 0 spiro atoms. The van der Waals surface area contributed by atoms with Crippen LogP contribution in [0, 0.1) is 5.41 Å². The van der Waals surface area contributed by atoms with Gasteiger partial charge in [-0.15, -0.1) is 0 Å². The Balaban J connectivity index is 2.13. The van der Waals surface area contributed by atoms with Gasteiger partial charge in [0.1, 0.15) is 0 Å². The van der Waals surface area contributed by atoms with Gasteiger partial charge in [-0.2, -0.15) is 0 Å². The van der Waals surface area contributed by atoms with E-state index in [1.54, 1.807) is 12.1 Å². The van der Waals surface area contributed by atoms with E-state index in [9.17, 15) is 15.0 Å². The summed E-state index contributed by atoms with van der Waals surface area (Å²) in [7, 11) is 0. The van der Waals surface area contributed by atoms with E-state index in [-0.39, 0.29) is 0 Å². The van der Waals surface area contributed by atoms with Gasteiger partial charge in [-0.25, -0.2) is 0 Å². The van der Waals surface area contributed by atoms with E-state index in [0.29, 0.717) is 24.3 Å². The van der Waals surface area contributed by atoms with Crippen molar-refractivity contribution in [1.82, 2.24) is 0 Å². The molecule has 0 amide bonds. The van der Waals surface area contributed by atoms with E-state index >= 15 is 0 Å². The zero-order chi connectivity index (χ0) is 11.8. The lowest BCUT2D eigenvalue weighted by molar-refractivity contribution is -0.162. The molecule has 0 unspecified atom stereocenters. The van der Waals surface area contributed by atoms with Crippen molar-refractivity contribution in [3.63, 3.8) is 0 Å². The van der Waals surface area contributed by atoms with Gasteiger partial charge in [0.15, 0.2) is 0 Å². The maximum Gasteiger partial charge on any atom is 0.310 e. The van der Waals surface area contributed by atoms with Gasteiger partial charge in [0.25, 0.3) is 0 Å². The first-order chi connectivity index (χ1) is 7.52. The van der Waals surface area contributed by atoms with Crippen molar-refractivity contribution in [2.75, 3.05) is 0 Å². The van der Waals surface area contributed by atoms with Crippen LogP contribution in [0.2, 0.25) is 5.02 Å². The highest BCUT2D eigenvalue weighted by Crippen LogP contribution is 2.44. The van der Waals surface area contributed by atoms with E-state index in [4.69, 9.17) is 11.6 Å². The van der Waals surface area contributed by atoms with Crippen molar-refractivity contribution in [3.8, 4) is 0 Å². The number of carbonyl (C=O) groups is 1. The molecule has 0 radical (unpaired) electrons. The van der Waals surface area contributed by atoms with Gasteiger partial charge in [0.05, 0.1) is 11.5 Å². The molecular formula is C12H13ClO3. The Labute approximate surface area is 98.7 Å². The minimum absolute atomic E-state index is 0.338. The molecule has 0 aromatic heterocycles. The number of carboxylic acids is 1. The second-order valence-electron chi connectivity index (χ2n) is 4.45. The Morgan fingerprint density at radius 2 is 1.94 bits per heavy atom. The second kappa shape index (κ2) is 4.07. The summed E-state index contributed by atoms with van der Waals surface area (Å²) in [4.78, 5) is 11.2. The van der Waals surface area contributed by atoms with Crippen molar-refractivity contribution >= 4 is 17.6 Å². The summed E-state index contributed by atoms with van der Waals surface area (Å²) < 4.78 is 0. The lowest BCUT2D eigenvalue weighted by atomic mass is 9.63. The predicted octanol–water partition coefficient (Wildman–Crippen LogP) is 2.11. The number of aliphatic hydroxyl groups excluding tert-OH is 1. The largest absolute Gasteiger partial charge is 0.481 e. The minimum Gasteiger partial charge on any atom is -0.481 e. The van der Waals surface area contributed by atoms with Crippen LogP contribution in [-0.2, 0) is 11.2 Å². The molecule has 1 aromatic carbocycles. The lowest BCUT2D eigenvalue weighted by Crippen LogP contribution is -2.48. The molecular weight excluding hydrogens is 228 g/mol. The van der Waals surface area contributed by atoms with Gasteiger partial charge >= 0.3 is 5.97 Å². The Morgan fingerprint density at radius 1 is 1.38 bits per heavy atom. The van der Waals surface area contributed by atoms with Gasteiger partial charge in [-0.3, -0.25) is 4.79 Å². The smallest absolute Gasteiger partial charge is 0.310 e. The van der Waals surface area contributed by atoms with Crippen molar-refractivity contribution in [3.05, 3.63) is 34.9 Å². The molecule has 1 fully saturated rings. The third-order valence-electron chi connectivity index (χ3n) is 3.16. The predicted molar refractivity (Wildman–Crippen MR) is 60.5 cm³/mol. The number of carboxylic acid groups (broad SMARTS) is 1. The van der Waals surface area contributed by atoms with Crippen LogP contribution in [0.5, 0.6) is 0 Å². The van der Waals surface area contributed by atoms with Crippen LogP contribution < -0.4 is 0 Å². The van der Waals surface area contributed by atoms with Crippen LogP contribution in [0.1, 0.15) is 18.4 Å². The first-order valence-electron chi connectivity index (χ1n) is 5.18. The molecule has 0 saturated heterocycles. The number of hydrogen-bond acceptors (Lipinski definition) is 2. The number of rotatable bonds is 3. The van der Waals surface area contributed by atoms with Crippen LogP contribution in [0.4, 0.5) is 0 Å². The quantitative estimate of drug-likeness (QED) is 0.851. The van der Waals surface area contributed by atoms with E-state index in [1.807, 2.05) is 12.1 Å². The molecule has 1 saturated carbocycles. The Bertz CT molecular complexity index is 393. The summed E-state index contributed by atoms with van der Waals surface area (Å²) in [6, 6.07) is 7.17. The van der Waals surface area contributed by atoms with Crippen molar-refractivity contribution in [2.24, 2.45) is 5.41 Å². The molecule has 4 heteroatoms. The SMILES string of the molecule is O=C(O)C1(Cc2ccc(Cl)cc2)CC(O)C1. The van der Waals surface area contributed by atoms with Crippen LogP contribution in [0.15, 0.2) is 24.3 Å². The van der Waals surface area contributed by atoms with Crippen LogP contribution >= 0.6 is 11.6 Å². The zero-order valence-electron chi connectivity index (χ0n) is 8.69. The van der Waals surface area contributed by atoms with Crippen molar-refractivity contribution in [2.45, 2.75) is 25.4 Å². The maximum atomic E-state index is 11.2. The zero-order valence-corrected chi connectivity index (χ0v) is 9.44. The minimum atomic E-state index is -0.826. The summed E-state index contributed by atoms with van der Waals surface area (Å²) in [5, 5.41) is 19.1. The fourth-order valence-electron chi connectivity index (χ4n) is 2.23. The molecule has 0 aliphatic heterocycles. The third-order valence-corrected chi connectivity index (χ3v) is 3.41. The van der Waals surface area contributed by atoms with Gasteiger partial charge < -0.3 is 10.2 Å². The van der Waals surface area contributed by atoms with Crippen molar-refractivity contribution < 1.29 is 15.0 Å².